The van der Waals surface area contributed by atoms with Crippen LogP contribution in [0.1, 0.15) is 25.0 Å². The van der Waals surface area contributed by atoms with Gasteiger partial charge in [-0.15, -0.1) is 5.10 Å². The van der Waals surface area contributed by atoms with Gasteiger partial charge in [-0.05, 0) is 33.7 Å². The molecule has 1 heterocycles. The van der Waals surface area contributed by atoms with Crippen LogP contribution in [-0.4, -0.2) is 32.7 Å². The number of nitrogens with zero attached hydrogens (tertiary/aromatic N) is 4. The third kappa shape index (κ3) is 4.29. The molecule has 6 nitrogen and oxygen atoms in total. The summed E-state index contributed by atoms with van der Waals surface area (Å²) in [6.07, 6.45) is 1.88. The van der Waals surface area contributed by atoms with Crippen LogP contribution >= 0.6 is 0 Å². The van der Waals surface area contributed by atoms with Crippen molar-refractivity contribution in [1.82, 2.24) is 25.5 Å². The number of rotatable bonds is 6. The molecule has 0 bridgehead atoms. The van der Waals surface area contributed by atoms with E-state index in [1.165, 1.54) is 11.9 Å². The minimum absolute atomic E-state index is 0.0131. The van der Waals surface area contributed by atoms with Gasteiger partial charge in [0.15, 0.2) is 0 Å². The maximum atomic E-state index is 12.3. The minimum Gasteiger partial charge on any atom is -0.355 e. The summed E-state index contributed by atoms with van der Waals surface area (Å²) in [7, 11) is 0. The average Bonchev–Trinajstić information content (AvgIpc) is 3.16. The second-order valence-corrected chi connectivity index (χ2v) is 6.62. The Bertz CT molecular complexity index is 811. The Kier molecular flexibility index (Phi) is 4.88. The second kappa shape index (κ2) is 7.25. The van der Waals surface area contributed by atoms with E-state index in [2.05, 4.69) is 46.8 Å². The van der Waals surface area contributed by atoms with Crippen LogP contribution in [0.25, 0.3) is 5.69 Å². The van der Waals surface area contributed by atoms with Crippen LogP contribution in [0.15, 0.2) is 60.9 Å². The first-order valence-corrected chi connectivity index (χ1v) is 8.19. The average molecular weight is 335 g/mol. The first kappa shape index (κ1) is 16.8. The van der Waals surface area contributed by atoms with Crippen LogP contribution in [-0.2, 0) is 16.6 Å². The summed E-state index contributed by atoms with van der Waals surface area (Å²) in [5.74, 6) is 0.0131. The lowest BCUT2D eigenvalue weighted by molar-refractivity contribution is -0.120. The van der Waals surface area contributed by atoms with Gasteiger partial charge in [0.2, 0.25) is 5.91 Å². The molecule has 1 amide bonds. The lowest BCUT2D eigenvalue weighted by atomic mass is 9.84. The fourth-order valence-electron chi connectivity index (χ4n) is 2.60. The summed E-state index contributed by atoms with van der Waals surface area (Å²) in [6.45, 7) is 4.85. The van der Waals surface area contributed by atoms with Gasteiger partial charge < -0.3 is 5.32 Å². The SMILES string of the molecule is CC(C)(CNC(=O)Cc1ccc(-n2cnnn2)cc1)c1ccccc1. The van der Waals surface area contributed by atoms with Gasteiger partial charge in [0.25, 0.3) is 0 Å². The Balaban J connectivity index is 1.56. The van der Waals surface area contributed by atoms with E-state index < -0.39 is 0 Å². The summed E-state index contributed by atoms with van der Waals surface area (Å²) in [6, 6.07) is 17.8. The van der Waals surface area contributed by atoms with Crippen LogP contribution in [0.5, 0.6) is 0 Å². The Hall–Kier alpha value is -3.02. The molecule has 0 aliphatic carbocycles. The molecule has 6 heteroatoms. The van der Waals surface area contributed by atoms with Crippen LogP contribution in [0.4, 0.5) is 0 Å². The van der Waals surface area contributed by atoms with E-state index in [0.29, 0.717) is 13.0 Å². The van der Waals surface area contributed by atoms with Crippen LogP contribution in [0, 0.1) is 0 Å². The number of hydrogen-bond acceptors (Lipinski definition) is 4. The molecule has 3 rings (SSSR count). The van der Waals surface area contributed by atoms with E-state index in [0.717, 1.165) is 11.3 Å². The molecule has 0 aliphatic heterocycles. The van der Waals surface area contributed by atoms with Gasteiger partial charge in [-0.25, -0.2) is 4.68 Å². The molecule has 0 unspecified atom stereocenters. The summed E-state index contributed by atoms with van der Waals surface area (Å²) >= 11 is 0. The first-order valence-electron chi connectivity index (χ1n) is 8.19. The summed E-state index contributed by atoms with van der Waals surface area (Å²) < 4.78 is 1.58. The van der Waals surface area contributed by atoms with Crippen molar-refractivity contribution in [2.24, 2.45) is 0 Å². The van der Waals surface area contributed by atoms with Crippen LogP contribution in [0.2, 0.25) is 0 Å². The molecule has 0 saturated carbocycles. The van der Waals surface area contributed by atoms with Crippen LogP contribution in [0.3, 0.4) is 0 Å². The van der Waals surface area contributed by atoms with Gasteiger partial charge in [-0.3, -0.25) is 4.79 Å². The molecule has 0 radical (unpaired) electrons. The zero-order valence-corrected chi connectivity index (χ0v) is 14.4. The molecule has 1 N–H and O–H groups in total. The lowest BCUT2D eigenvalue weighted by Crippen LogP contribution is -2.37. The number of carbonyl (C=O) groups excluding carboxylic acids is 1. The number of benzene rings is 2. The summed E-state index contributed by atoms with van der Waals surface area (Å²) in [5.41, 5.74) is 2.91. The van der Waals surface area contributed by atoms with Gasteiger partial charge >= 0.3 is 0 Å². The zero-order chi connectivity index (χ0) is 17.7. The Morgan fingerprint density at radius 1 is 1.08 bits per heavy atom. The number of nitrogens with one attached hydrogen (secondary N) is 1. The minimum atomic E-state index is -0.110. The normalized spacial score (nSPS) is 11.3. The number of carbonyl (C=O) groups is 1. The standard InChI is InChI=1S/C19H21N5O/c1-19(2,16-6-4-3-5-7-16)13-20-18(25)12-15-8-10-17(11-9-15)24-14-21-22-23-24/h3-11,14H,12-13H2,1-2H3,(H,20,25). The van der Waals surface area contributed by atoms with E-state index in [1.54, 1.807) is 4.68 Å². The van der Waals surface area contributed by atoms with E-state index >= 15 is 0 Å². The molecule has 0 atom stereocenters. The molecule has 128 valence electrons. The Morgan fingerprint density at radius 2 is 1.80 bits per heavy atom. The van der Waals surface area contributed by atoms with Crippen molar-refractivity contribution in [3.63, 3.8) is 0 Å². The van der Waals surface area contributed by atoms with Crippen molar-refractivity contribution >= 4 is 5.91 Å². The lowest BCUT2D eigenvalue weighted by Gasteiger charge is -2.25. The van der Waals surface area contributed by atoms with Gasteiger partial charge in [0, 0.05) is 12.0 Å². The molecular weight excluding hydrogens is 314 g/mol. The highest BCUT2D eigenvalue weighted by atomic mass is 16.1. The fourth-order valence-corrected chi connectivity index (χ4v) is 2.60. The quantitative estimate of drug-likeness (QED) is 0.750. The third-order valence-electron chi connectivity index (χ3n) is 4.20. The first-order chi connectivity index (χ1) is 12.0. The predicted octanol–water partition coefficient (Wildman–Crippen LogP) is 2.30. The van der Waals surface area contributed by atoms with Crippen molar-refractivity contribution in [2.45, 2.75) is 25.7 Å². The van der Waals surface area contributed by atoms with Crippen molar-refractivity contribution in [3.8, 4) is 5.69 Å². The Labute approximate surface area is 146 Å². The van der Waals surface area contributed by atoms with Crippen molar-refractivity contribution in [1.29, 1.82) is 0 Å². The smallest absolute Gasteiger partial charge is 0.224 e. The monoisotopic (exact) mass is 335 g/mol. The largest absolute Gasteiger partial charge is 0.355 e. The molecule has 0 fully saturated rings. The molecule has 0 aliphatic rings. The number of tetrazole rings is 1. The van der Waals surface area contributed by atoms with Crippen LogP contribution < -0.4 is 5.32 Å². The van der Waals surface area contributed by atoms with Gasteiger partial charge in [-0.2, -0.15) is 0 Å². The zero-order valence-electron chi connectivity index (χ0n) is 14.4. The van der Waals surface area contributed by atoms with E-state index in [-0.39, 0.29) is 11.3 Å². The molecule has 0 spiro atoms. The molecule has 25 heavy (non-hydrogen) atoms. The highest BCUT2D eigenvalue weighted by Crippen LogP contribution is 2.21. The maximum Gasteiger partial charge on any atom is 0.224 e. The molecule has 1 aromatic heterocycles. The third-order valence-corrected chi connectivity index (χ3v) is 4.20. The van der Waals surface area contributed by atoms with E-state index in [9.17, 15) is 4.79 Å². The van der Waals surface area contributed by atoms with Gasteiger partial charge in [0.1, 0.15) is 6.33 Å². The topological polar surface area (TPSA) is 72.7 Å². The maximum absolute atomic E-state index is 12.3. The highest BCUT2D eigenvalue weighted by Gasteiger charge is 2.21. The van der Waals surface area contributed by atoms with E-state index in [1.807, 2.05) is 42.5 Å². The van der Waals surface area contributed by atoms with E-state index in [4.69, 9.17) is 0 Å². The number of amides is 1. The van der Waals surface area contributed by atoms with Crippen molar-refractivity contribution < 1.29 is 4.79 Å². The summed E-state index contributed by atoms with van der Waals surface area (Å²) in [5, 5.41) is 14.1. The molecule has 0 saturated heterocycles. The summed E-state index contributed by atoms with van der Waals surface area (Å²) in [4.78, 5) is 12.3. The predicted molar refractivity (Wildman–Crippen MR) is 95.3 cm³/mol. The molecule has 3 aromatic rings. The van der Waals surface area contributed by atoms with Crippen molar-refractivity contribution in [3.05, 3.63) is 72.1 Å². The number of hydrogen-bond donors (Lipinski definition) is 1. The highest BCUT2D eigenvalue weighted by molar-refractivity contribution is 5.78. The Morgan fingerprint density at radius 3 is 2.44 bits per heavy atom. The molecule has 2 aromatic carbocycles. The second-order valence-electron chi connectivity index (χ2n) is 6.62. The fraction of sp³-hybridized carbons (Fsp3) is 0.263. The molecular formula is C19H21N5O. The number of aromatic nitrogens is 4. The van der Waals surface area contributed by atoms with Crippen molar-refractivity contribution in [2.75, 3.05) is 6.54 Å². The van der Waals surface area contributed by atoms with Gasteiger partial charge in [-0.1, -0.05) is 56.3 Å². The van der Waals surface area contributed by atoms with Gasteiger partial charge in [0.05, 0.1) is 12.1 Å².